The maximum atomic E-state index is 9.18. The van der Waals surface area contributed by atoms with E-state index in [9.17, 15) is 5.11 Å². The van der Waals surface area contributed by atoms with Crippen molar-refractivity contribution >= 4 is 11.4 Å². The fourth-order valence-electron chi connectivity index (χ4n) is 2.44. The maximum Gasteiger partial charge on any atom is 0.0602 e. The number of aliphatic hydroxyl groups excluding tert-OH is 1. The molecule has 0 saturated carbocycles. The summed E-state index contributed by atoms with van der Waals surface area (Å²) < 4.78 is 0. The highest BCUT2D eigenvalue weighted by Gasteiger charge is 2.20. The van der Waals surface area contributed by atoms with E-state index in [2.05, 4.69) is 41.1 Å². The summed E-state index contributed by atoms with van der Waals surface area (Å²) in [5.74, 6) is 0.481. The van der Waals surface area contributed by atoms with E-state index in [0.29, 0.717) is 12.5 Å². The summed E-state index contributed by atoms with van der Waals surface area (Å²) in [4.78, 5) is 2.40. The number of piperidine rings is 1. The molecule has 1 heterocycles. The van der Waals surface area contributed by atoms with Gasteiger partial charge in [-0.2, -0.15) is 0 Å². The van der Waals surface area contributed by atoms with Gasteiger partial charge in [-0.3, -0.25) is 0 Å². The lowest BCUT2D eigenvalue weighted by Gasteiger charge is -2.34. The van der Waals surface area contributed by atoms with Crippen LogP contribution in [-0.4, -0.2) is 31.3 Å². The summed E-state index contributed by atoms with van der Waals surface area (Å²) in [5, 5.41) is 12.6. The number of aliphatic hydroxyl groups is 1. The molecule has 2 N–H and O–H groups in total. The third kappa shape index (κ3) is 3.05. The van der Waals surface area contributed by atoms with Gasteiger partial charge in [-0.1, -0.05) is 18.2 Å². The number of nitrogens with zero attached hydrogens (tertiary/aromatic N) is 1. The van der Waals surface area contributed by atoms with Gasteiger partial charge < -0.3 is 15.3 Å². The van der Waals surface area contributed by atoms with Crippen molar-refractivity contribution in [2.75, 3.05) is 36.5 Å². The molecule has 1 aromatic rings. The van der Waals surface area contributed by atoms with E-state index in [0.717, 1.165) is 32.5 Å². The first-order valence-electron chi connectivity index (χ1n) is 6.64. The Kier molecular flexibility index (Phi) is 4.65. The molecule has 1 saturated heterocycles. The molecule has 0 atom stereocenters. The molecule has 18 heavy (non-hydrogen) atoms. The van der Waals surface area contributed by atoms with Crippen molar-refractivity contribution in [3.63, 3.8) is 0 Å². The molecule has 98 valence electrons. The summed E-state index contributed by atoms with van der Waals surface area (Å²) in [6.07, 6.45) is 4.02. The molecule has 0 unspecified atom stereocenters. The normalized spacial score (nSPS) is 16.6. The van der Waals surface area contributed by atoms with Crippen LogP contribution >= 0.6 is 0 Å². The van der Waals surface area contributed by atoms with Crippen molar-refractivity contribution < 1.29 is 5.11 Å². The van der Waals surface area contributed by atoms with Gasteiger partial charge in [0.25, 0.3) is 0 Å². The van der Waals surface area contributed by atoms with Gasteiger partial charge in [-0.25, -0.2) is 0 Å². The van der Waals surface area contributed by atoms with E-state index in [-0.39, 0.29) is 0 Å². The van der Waals surface area contributed by atoms with Gasteiger partial charge in [0.05, 0.1) is 11.4 Å². The first-order chi connectivity index (χ1) is 8.85. The SMILES string of the molecule is C=CCNc1ccccc1N1CCC(CO)CC1. The fraction of sp³-hybridized carbons (Fsp3) is 0.467. The zero-order valence-corrected chi connectivity index (χ0v) is 10.8. The molecule has 0 aromatic heterocycles. The lowest BCUT2D eigenvalue weighted by atomic mass is 9.97. The van der Waals surface area contributed by atoms with Crippen molar-refractivity contribution in [1.29, 1.82) is 0 Å². The first kappa shape index (κ1) is 13.0. The Labute approximate surface area is 109 Å². The third-order valence-corrected chi connectivity index (χ3v) is 3.55. The second kappa shape index (κ2) is 6.45. The summed E-state index contributed by atoms with van der Waals surface area (Å²) in [6.45, 7) is 6.89. The summed E-state index contributed by atoms with van der Waals surface area (Å²) in [6, 6.07) is 8.39. The molecule has 0 bridgehead atoms. The molecule has 1 aliphatic heterocycles. The largest absolute Gasteiger partial charge is 0.396 e. The number of anilines is 2. The zero-order valence-electron chi connectivity index (χ0n) is 10.8. The number of nitrogens with one attached hydrogen (secondary N) is 1. The van der Waals surface area contributed by atoms with Gasteiger partial charge in [0.1, 0.15) is 0 Å². The van der Waals surface area contributed by atoms with E-state index in [1.807, 2.05) is 6.08 Å². The van der Waals surface area contributed by atoms with Crippen LogP contribution in [0.5, 0.6) is 0 Å². The minimum absolute atomic E-state index is 0.324. The Morgan fingerprint density at radius 2 is 2.06 bits per heavy atom. The molecule has 0 amide bonds. The molecular formula is C15H22N2O. The van der Waals surface area contributed by atoms with Crippen molar-refractivity contribution in [3.8, 4) is 0 Å². The average molecular weight is 246 g/mol. The molecule has 3 nitrogen and oxygen atoms in total. The van der Waals surface area contributed by atoms with Gasteiger partial charge in [0.15, 0.2) is 0 Å². The van der Waals surface area contributed by atoms with Crippen LogP contribution in [-0.2, 0) is 0 Å². The van der Waals surface area contributed by atoms with Crippen LogP contribution in [0.1, 0.15) is 12.8 Å². The Morgan fingerprint density at radius 3 is 2.72 bits per heavy atom. The Hall–Kier alpha value is -1.48. The van der Waals surface area contributed by atoms with Crippen LogP contribution in [0.15, 0.2) is 36.9 Å². The second-order valence-corrected chi connectivity index (χ2v) is 4.80. The standard InChI is InChI=1S/C15H22N2O/c1-2-9-16-14-5-3-4-6-15(14)17-10-7-13(12-18)8-11-17/h2-6,13,16,18H,1,7-12H2. The number of benzene rings is 1. The second-order valence-electron chi connectivity index (χ2n) is 4.80. The fourth-order valence-corrected chi connectivity index (χ4v) is 2.44. The highest BCUT2D eigenvalue weighted by Crippen LogP contribution is 2.29. The van der Waals surface area contributed by atoms with E-state index < -0.39 is 0 Å². The molecule has 0 radical (unpaired) electrons. The van der Waals surface area contributed by atoms with Crippen molar-refractivity contribution in [2.24, 2.45) is 5.92 Å². The molecule has 1 aliphatic rings. The number of hydrogen-bond donors (Lipinski definition) is 2. The summed E-state index contributed by atoms with van der Waals surface area (Å²) in [7, 11) is 0. The van der Waals surface area contributed by atoms with E-state index in [4.69, 9.17) is 0 Å². The lowest BCUT2D eigenvalue weighted by Crippen LogP contribution is -2.35. The molecule has 1 aromatic carbocycles. The van der Waals surface area contributed by atoms with E-state index in [1.165, 1.54) is 11.4 Å². The maximum absolute atomic E-state index is 9.18. The molecule has 0 spiro atoms. The van der Waals surface area contributed by atoms with E-state index >= 15 is 0 Å². The highest BCUT2D eigenvalue weighted by atomic mass is 16.3. The Bertz CT molecular complexity index is 384. The van der Waals surface area contributed by atoms with Gasteiger partial charge in [0.2, 0.25) is 0 Å². The van der Waals surface area contributed by atoms with E-state index in [1.54, 1.807) is 0 Å². The Morgan fingerprint density at radius 1 is 1.33 bits per heavy atom. The molecule has 3 heteroatoms. The smallest absolute Gasteiger partial charge is 0.0602 e. The zero-order chi connectivity index (χ0) is 12.8. The molecule has 2 rings (SSSR count). The monoisotopic (exact) mass is 246 g/mol. The topological polar surface area (TPSA) is 35.5 Å². The van der Waals surface area contributed by atoms with Crippen molar-refractivity contribution in [2.45, 2.75) is 12.8 Å². The number of hydrogen-bond acceptors (Lipinski definition) is 3. The number of para-hydroxylation sites is 2. The quantitative estimate of drug-likeness (QED) is 0.784. The van der Waals surface area contributed by atoms with Crippen LogP contribution < -0.4 is 10.2 Å². The molecule has 1 fully saturated rings. The summed E-state index contributed by atoms with van der Waals surface area (Å²) in [5.41, 5.74) is 2.43. The van der Waals surface area contributed by atoms with Crippen LogP contribution in [0, 0.1) is 5.92 Å². The molecule has 0 aliphatic carbocycles. The minimum Gasteiger partial charge on any atom is -0.396 e. The van der Waals surface area contributed by atoms with Crippen LogP contribution in [0.25, 0.3) is 0 Å². The van der Waals surface area contributed by atoms with Gasteiger partial charge >= 0.3 is 0 Å². The van der Waals surface area contributed by atoms with Crippen LogP contribution in [0.4, 0.5) is 11.4 Å². The minimum atomic E-state index is 0.324. The van der Waals surface area contributed by atoms with Crippen LogP contribution in [0.3, 0.4) is 0 Å². The first-order valence-corrected chi connectivity index (χ1v) is 6.64. The average Bonchev–Trinajstić information content (AvgIpc) is 2.45. The van der Waals surface area contributed by atoms with Crippen molar-refractivity contribution in [3.05, 3.63) is 36.9 Å². The van der Waals surface area contributed by atoms with Crippen LogP contribution in [0.2, 0.25) is 0 Å². The highest BCUT2D eigenvalue weighted by molar-refractivity contribution is 5.70. The van der Waals surface area contributed by atoms with Gasteiger partial charge in [-0.05, 0) is 30.9 Å². The lowest BCUT2D eigenvalue weighted by molar-refractivity contribution is 0.203. The third-order valence-electron chi connectivity index (χ3n) is 3.55. The Balaban J connectivity index is 2.06. The van der Waals surface area contributed by atoms with Crippen molar-refractivity contribution in [1.82, 2.24) is 0 Å². The van der Waals surface area contributed by atoms with Gasteiger partial charge in [-0.15, -0.1) is 6.58 Å². The molecular weight excluding hydrogens is 224 g/mol. The van der Waals surface area contributed by atoms with Gasteiger partial charge in [0, 0.05) is 26.2 Å². The predicted octanol–water partition coefficient (Wildman–Crippen LogP) is 2.49. The summed E-state index contributed by atoms with van der Waals surface area (Å²) >= 11 is 0. The predicted molar refractivity (Wildman–Crippen MR) is 77.2 cm³/mol. The number of rotatable bonds is 5.